The second-order valence-electron chi connectivity index (χ2n) is 4.69. The van der Waals surface area contributed by atoms with Gasteiger partial charge >= 0.3 is 0 Å². The molecule has 0 saturated heterocycles. The molecule has 20 heavy (non-hydrogen) atoms. The molecule has 0 spiro atoms. The normalized spacial score (nSPS) is 12.6. The zero-order chi connectivity index (χ0) is 14.4. The maximum Gasteiger partial charge on any atom is 0.118 e. The molecule has 1 atom stereocenters. The van der Waals surface area contributed by atoms with Gasteiger partial charge in [-0.25, -0.2) is 0 Å². The van der Waals surface area contributed by atoms with E-state index in [1.165, 1.54) is 5.56 Å². The van der Waals surface area contributed by atoms with Crippen molar-refractivity contribution in [3.8, 4) is 0 Å². The Hall–Kier alpha value is -0.710. The Balaban J connectivity index is 1.94. The first-order valence-electron chi connectivity index (χ1n) is 6.78. The zero-order valence-corrected chi connectivity index (χ0v) is 14.3. The van der Waals surface area contributed by atoms with Gasteiger partial charge in [-0.15, -0.1) is 0 Å². The molecule has 0 aliphatic rings. The lowest BCUT2D eigenvalue weighted by Crippen LogP contribution is -2.19. The van der Waals surface area contributed by atoms with E-state index in [-0.39, 0.29) is 0 Å². The van der Waals surface area contributed by atoms with E-state index >= 15 is 0 Å². The Morgan fingerprint density at radius 3 is 2.50 bits per heavy atom. The minimum absolute atomic E-state index is 0.359. The molecule has 1 N–H and O–H groups in total. The summed E-state index contributed by atoms with van der Waals surface area (Å²) in [5.74, 6) is 2.99. The summed E-state index contributed by atoms with van der Waals surface area (Å²) in [5, 5.41) is 3.56. The van der Waals surface area contributed by atoms with E-state index in [1.54, 1.807) is 11.8 Å². The summed E-state index contributed by atoms with van der Waals surface area (Å²) in [4.78, 5) is 0. The van der Waals surface area contributed by atoms with Crippen molar-refractivity contribution in [3.63, 3.8) is 0 Å². The van der Waals surface area contributed by atoms with Crippen LogP contribution in [0.5, 0.6) is 0 Å². The largest absolute Gasteiger partial charge is 0.464 e. The van der Waals surface area contributed by atoms with E-state index in [0.717, 1.165) is 34.7 Å². The van der Waals surface area contributed by atoms with Crippen LogP contribution in [0.3, 0.4) is 0 Å². The summed E-state index contributed by atoms with van der Waals surface area (Å²) in [7, 11) is 0. The maximum absolute atomic E-state index is 5.78. The molecule has 108 valence electrons. The van der Waals surface area contributed by atoms with Gasteiger partial charge in [-0.1, -0.05) is 35.0 Å². The number of furan rings is 1. The predicted molar refractivity (Wildman–Crippen MR) is 89.9 cm³/mol. The van der Waals surface area contributed by atoms with Gasteiger partial charge in [0.25, 0.3) is 0 Å². The molecule has 4 heteroatoms. The molecular weight excluding hydrogens is 334 g/mol. The fourth-order valence-electron chi connectivity index (χ4n) is 2.15. The highest BCUT2D eigenvalue weighted by Crippen LogP contribution is 2.20. The van der Waals surface area contributed by atoms with Crippen molar-refractivity contribution in [2.24, 2.45) is 0 Å². The van der Waals surface area contributed by atoms with Crippen LogP contribution in [0.2, 0.25) is 0 Å². The average molecular weight is 354 g/mol. The van der Waals surface area contributed by atoms with Crippen LogP contribution in [0.15, 0.2) is 45.3 Å². The SMILES string of the molecule is CCC(NCc1ccc(CSC)o1)c1ccc(Br)cc1. The smallest absolute Gasteiger partial charge is 0.118 e. The first-order valence-corrected chi connectivity index (χ1v) is 8.97. The molecule has 0 amide bonds. The van der Waals surface area contributed by atoms with Gasteiger partial charge in [-0.05, 0) is 42.5 Å². The molecule has 0 radical (unpaired) electrons. The van der Waals surface area contributed by atoms with Crippen molar-refractivity contribution in [3.05, 3.63) is 58.0 Å². The van der Waals surface area contributed by atoms with Crippen LogP contribution in [-0.2, 0) is 12.3 Å². The van der Waals surface area contributed by atoms with Crippen LogP contribution < -0.4 is 5.32 Å². The van der Waals surface area contributed by atoms with Crippen LogP contribution in [0, 0.1) is 0 Å². The number of nitrogens with one attached hydrogen (secondary N) is 1. The molecule has 0 bridgehead atoms. The molecule has 0 saturated carbocycles. The molecule has 2 aromatic rings. The van der Waals surface area contributed by atoms with Gasteiger partial charge < -0.3 is 9.73 Å². The standard InChI is InChI=1S/C16H20BrNOS/c1-3-16(12-4-6-13(17)7-5-12)18-10-14-8-9-15(19-14)11-20-2/h4-9,16,18H,3,10-11H2,1-2H3. The second-order valence-corrected chi connectivity index (χ2v) is 6.48. The van der Waals surface area contributed by atoms with Gasteiger partial charge in [-0.3, -0.25) is 0 Å². The number of hydrogen-bond acceptors (Lipinski definition) is 3. The number of halogens is 1. The van der Waals surface area contributed by atoms with Crippen molar-refractivity contribution in [1.29, 1.82) is 0 Å². The van der Waals surface area contributed by atoms with Gasteiger partial charge in [0.05, 0.1) is 12.3 Å². The van der Waals surface area contributed by atoms with Crippen LogP contribution in [0.25, 0.3) is 0 Å². The molecule has 0 aliphatic carbocycles. The highest BCUT2D eigenvalue weighted by Gasteiger charge is 2.10. The van der Waals surface area contributed by atoms with E-state index in [9.17, 15) is 0 Å². The van der Waals surface area contributed by atoms with Crippen LogP contribution in [-0.4, -0.2) is 6.26 Å². The molecule has 1 aromatic carbocycles. The third-order valence-electron chi connectivity index (χ3n) is 3.21. The maximum atomic E-state index is 5.78. The Labute approximate surface area is 133 Å². The fraction of sp³-hybridized carbons (Fsp3) is 0.375. The first kappa shape index (κ1) is 15.7. The quantitative estimate of drug-likeness (QED) is 0.745. The van der Waals surface area contributed by atoms with Gasteiger partial charge in [-0.2, -0.15) is 11.8 Å². The van der Waals surface area contributed by atoms with E-state index in [4.69, 9.17) is 4.42 Å². The summed E-state index contributed by atoms with van der Waals surface area (Å²) >= 11 is 5.25. The summed E-state index contributed by atoms with van der Waals surface area (Å²) in [6.45, 7) is 2.96. The molecule has 2 rings (SSSR count). The van der Waals surface area contributed by atoms with Crippen LogP contribution in [0.4, 0.5) is 0 Å². The third kappa shape index (κ3) is 4.40. The molecule has 1 unspecified atom stereocenters. The summed E-state index contributed by atoms with van der Waals surface area (Å²) in [5.41, 5.74) is 1.31. The molecule has 1 heterocycles. The van der Waals surface area contributed by atoms with Crippen molar-refractivity contribution in [2.75, 3.05) is 6.26 Å². The monoisotopic (exact) mass is 353 g/mol. The zero-order valence-electron chi connectivity index (χ0n) is 11.9. The lowest BCUT2D eigenvalue weighted by molar-refractivity contribution is 0.429. The molecule has 0 fully saturated rings. The Morgan fingerprint density at radius 2 is 1.85 bits per heavy atom. The second kappa shape index (κ2) is 7.91. The lowest BCUT2D eigenvalue weighted by atomic mass is 10.0. The van der Waals surface area contributed by atoms with E-state index in [1.807, 2.05) is 0 Å². The highest BCUT2D eigenvalue weighted by atomic mass is 79.9. The van der Waals surface area contributed by atoms with Gasteiger partial charge in [0.15, 0.2) is 0 Å². The molecule has 0 aliphatic heterocycles. The van der Waals surface area contributed by atoms with E-state index in [2.05, 4.69) is 70.8 Å². The Bertz CT molecular complexity index is 524. The van der Waals surface area contributed by atoms with Crippen molar-refractivity contribution < 1.29 is 4.42 Å². The third-order valence-corrected chi connectivity index (χ3v) is 4.31. The number of benzene rings is 1. The Morgan fingerprint density at radius 1 is 1.15 bits per heavy atom. The molecule has 1 aromatic heterocycles. The van der Waals surface area contributed by atoms with Crippen molar-refractivity contribution in [2.45, 2.75) is 31.7 Å². The lowest BCUT2D eigenvalue weighted by Gasteiger charge is -2.16. The van der Waals surface area contributed by atoms with Gasteiger partial charge in [0, 0.05) is 10.5 Å². The topological polar surface area (TPSA) is 25.2 Å². The van der Waals surface area contributed by atoms with Crippen LogP contribution in [0.1, 0.15) is 36.5 Å². The number of thioether (sulfide) groups is 1. The minimum Gasteiger partial charge on any atom is -0.464 e. The molecular formula is C16H20BrNOS. The summed E-state index contributed by atoms with van der Waals surface area (Å²) < 4.78 is 6.90. The molecule has 2 nitrogen and oxygen atoms in total. The summed E-state index contributed by atoms with van der Waals surface area (Å²) in [6.07, 6.45) is 3.14. The number of hydrogen-bond donors (Lipinski definition) is 1. The highest BCUT2D eigenvalue weighted by molar-refractivity contribution is 9.10. The van der Waals surface area contributed by atoms with Crippen LogP contribution >= 0.6 is 27.7 Å². The van der Waals surface area contributed by atoms with Gasteiger partial charge in [0.1, 0.15) is 11.5 Å². The summed E-state index contributed by atoms with van der Waals surface area (Å²) in [6, 6.07) is 13.0. The average Bonchev–Trinajstić information content (AvgIpc) is 2.89. The van der Waals surface area contributed by atoms with Crippen molar-refractivity contribution >= 4 is 27.7 Å². The minimum atomic E-state index is 0.359. The Kier molecular flexibility index (Phi) is 6.20. The first-order chi connectivity index (χ1) is 9.72. The van der Waals surface area contributed by atoms with Crippen molar-refractivity contribution in [1.82, 2.24) is 5.32 Å². The van der Waals surface area contributed by atoms with E-state index < -0.39 is 0 Å². The fourth-order valence-corrected chi connectivity index (χ4v) is 2.86. The van der Waals surface area contributed by atoms with Gasteiger partial charge in [0.2, 0.25) is 0 Å². The number of rotatable bonds is 7. The predicted octanol–water partition coefficient (Wildman–Crippen LogP) is 5.15. The van der Waals surface area contributed by atoms with E-state index in [0.29, 0.717) is 6.04 Å².